The van der Waals surface area contributed by atoms with E-state index in [-0.39, 0.29) is 0 Å². The Kier molecular flexibility index (Phi) is 5.09. The summed E-state index contributed by atoms with van der Waals surface area (Å²) in [4.78, 5) is 2.46. The SMILES string of the molecule is CCc1nn(C)c(OC)c1CN[C@@H]1CCN(c2ccc(C)cc2)C1. The molecule has 1 aliphatic rings. The third-order valence-corrected chi connectivity index (χ3v) is 4.85. The van der Waals surface area contributed by atoms with Gasteiger partial charge in [-0.2, -0.15) is 5.10 Å². The molecular formula is C19H28N4O. The van der Waals surface area contributed by atoms with Gasteiger partial charge in [0.2, 0.25) is 5.88 Å². The summed E-state index contributed by atoms with van der Waals surface area (Å²) in [5, 5.41) is 8.25. The molecule has 0 aliphatic carbocycles. The highest BCUT2D eigenvalue weighted by molar-refractivity contribution is 5.48. The molecule has 2 aromatic rings. The normalized spacial score (nSPS) is 17.5. The molecule has 0 spiro atoms. The second kappa shape index (κ2) is 7.26. The number of ether oxygens (including phenoxy) is 1. The molecule has 1 atom stereocenters. The van der Waals surface area contributed by atoms with E-state index < -0.39 is 0 Å². The Bertz CT molecular complexity index is 677. The Morgan fingerprint density at radius 2 is 2.04 bits per heavy atom. The molecule has 0 bridgehead atoms. The fourth-order valence-corrected chi connectivity index (χ4v) is 3.49. The summed E-state index contributed by atoms with van der Waals surface area (Å²) in [6.45, 7) is 7.23. The maximum atomic E-state index is 5.53. The van der Waals surface area contributed by atoms with Crippen molar-refractivity contribution in [1.82, 2.24) is 15.1 Å². The van der Waals surface area contributed by atoms with Crippen LogP contribution in [-0.4, -0.2) is 36.0 Å². The highest BCUT2D eigenvalue weighted by Crippen LogP contribution is 2.24. The average Bonchev–Trinajstić information content (AvgIpc) is 3.17. The van der Waals surface area contributed by atoms with Crippen LogP contribution in [0.5, 0.6) is 5.88 Å². The molecule has 0 amide bonds. The lowest BCUT2D eigenvalue weighted by Gasteiger charge is -2.19. The highest BCUT2D eigenvalue weighted by atomic mass is 16.5. The number of benzene rings is 1. The van der Waals surface area contributed by atoms with Crippen LogP contribution in [0.4, 0.5) is 5.69 Å². The van der Waals surface area contributed by atoms with Gasteiger partial charge in [0.25, 0.3) is 0 Å². The first-order valence-electron chi connectivity index (χ1n) is 8.76. The number of methoxy groups -OCH3 is 1. The zero-order chi connectivity index (χ0) is 17.1. The Hall–Kier alpha value is -2.01. The van der Waals surface area contributed by atoms with Crippen LogP contribution in [0.3, 0.4) is 0 Å². The van der Waals surface area contributed by atoms with Gasteiger partial charge in [-0.3, -0.25) is 0 Å². The van der Waals surface area contributed by atoms with Gasteiger partial charge in [-0.1, -0.05) is 24.6 Å². The van der Waals surface area contributed by atoms with Gasteiger partial charge < -0.3 is 15.0 Å². The van der Waals surface area contributed by atoms with Crippen molar-refractivity contribution in [2.24, 2.45) is 7.05 Å². The lowest BCUT2D eigenvalue weighted by Crippen LogP contribution is -2.32. The molecule has 5 nitrogen and oxygen atoms in total. The van der Waals surface area contributed by atoms with Crippen LogP contribution in [0.1, 0.15) is 30.2 Å². The van der Waals surface area contributed by atoms with Crippen molar-refractivity contribution in [1.29, 1.82) is 0 Å². The molecule has 1 aliphatic heterocycles. The van der Waals surface area contributed by atoms with Crippen molar-refractivity contribution in [3.05, 3.63) is 41.1 Å². The fraction of sp³-hybridized carbons (Fsp3) is 0.526. The summed E-state index contributed by atoms with van der Waals surface area (Å²) in [6.07, 6.45) is 2.09. The minimum absolute atomic E-state index is 0.501. The van der Waals surface area contributed by atoms with Gasteiger partial charge in [-0.25, -0.2) is 4.68 Å². The van der Waals surface area contributed by atoms with Gasteiger partial charge in [-0.05, 0) is 31.9 Å². The average molecular weight is 328 g/mol. The van der Waals surface area contributed by atoms with E-state index in [1.807, 2.05) is 11.7 Å². The lowest BCUT2D eigenvalue weighted by atomic mass is 10.2. The van der Waals surface area contributed by atoms with E-state index in [0.29, 0.717) is 6.04 Å². The van der Waals surface area contributed by atoms with Crippen LogP contribution in [0.25, 0.3) is 0 Å². The third kappa shape index (κ3) is 3.41. The van der Waals surface area contributed by atoms with Crippen LogP contribution < -0.4 is 15.0 Å². The molecule has 130 valence electrons. The Labute approximate surface area is 144 Å². The van der Waals surface area contributed by atoms with Gasteiger partial charge >= 0.3 is 0 Å². The second-order valence-corrected chi connectivity index (χ2v) is 6.56. The van der Waals surface area contributed by atoms with E-state index in [1.54, 1.807) is 7.11 Å². The van der Waals surface area contributed by atoms with Crippen molar-refractivity contribution >= 4 is 5.69 Å². The molecule has 1 saturated heterocycles. The molecule has 2 heterocycles. The molecular weight excluding hydrogens is 300 g/mol. The van der Waals surface area contributed by atoms with Crippen molar-refractivity contribution in [3.63, 3.8) is 0 Å². The molecule has 1 aromatic carbocycles. The molecule has 0 radical (unpaired) electrons. The van der Waals surface area contributed by atoms with E-state index in [2.05, 4.69) is 53.4 Å². The monoisotopic (exact) mass is 328 g/mol. The molecule has 1 N–H and O–H groups in total. The Morgan fingerprint density at radius 1 is 1.29 bits per heavy atom. The first-order chi connectivity index (χ1) is 11.6. The van der Waals surface area contributed by atoms with Gasteiger partial charge in [0.1, 0.15) is 0 Å². The largest absolute Gasteiger partial charge is 0.481 e. The number of hydrogen-bond acceptors (Lipinski definition) is 4. The number of nitrogens with zero attached hydrogens (tertiary/aromatic N) is 3. The highest BCUT2D eigenvalue weighted by Gasteiger charge is 2.24. The van der Waals surface area contributed by atoms with Gasteiger partial charge in [-0.15, -0.1) is 0 Å². The van der Waals surface area contributed by atoms with Crippen molar-refractivity contribution in [2.45, 2.75) is 39.3 Å². The Balaban J connectivity index is 1.61. The Morgan fingerprint density at radius 3 is 2.71 bits per heavy atom. The van der Waals surface area contributed by atoms with Gasteiger partial charge in [0, 0.05) is 38.4 Å². The zero-order valence-corrected chi connectivity index (χ0v) is 15.2. The number of nitrogens with one attached hydrogen (secondary N) is 1. The molecule has 1 aromatic heterocycles. The topological polar surface area (TPSA) is 42.3 Å². The van der Waals surface area contributed by atoms with Crippen molar-refractivity contribution in [2.75, 3.05) is 25.1 Å². The van der Waals surface area contributed by atoms with Gasteiger partial charge in [0.05, 0.1) is 18.4 Å². The zero-order valence-electron chi connectivity index (χ0n) is 15.2. The van der Waals surface area contributed by atoms with Crippen LogP contribution in [0.15, 0.2) is 24.3 Å². The molecule has 5 heteroatoms. The number of aromatic nitrogens is 2. The first-order valence-corrected chi connectivity index (χ1v) is 8.76. The smallest absolute Gasteiger partial charge is 0.216 e. The van der Waals surface area contributed by atoms with Crippen LogP contribution in [0, 0.1) is 6.92 Å². The quantitative estimate of drug-likeness (QED) is 0.885. The second-order valence-electron chi connectivity index (χ2n) is 6.56. The molecule has 24 heavy (non-hydrogen) atoms. The number of anilines is 1. The standard InChI is InChI=1S/C19H28N4O/c1-5-18-17(19(24-4)22(3)21-18)12-20-15-10-11-23(13-15)16-8-6-14(2)7-9-16/h6-9,15,20H,5,10-13H2,1-4H3/t15-/m1/s1. The minimum atomic E-state index is 0.501. The van der Waals surface area contributed by atoms with E-state index >= 15 is 0 Å². The van der Waals surface area contributed by atoms with E-state index in [1.165, 1.54) is 16.8 Å². The van der Waals surface area contributed by atoms with Crippen molar-refractivity contribution in [3.8, 4) is 5.88 Å². The molecule has 3 rings (SSSR count). The summed E-state index contributed by atoms with van der Waals surface area (Å²) in [5.74, 6) is 0.868. The summed E-state index contributed by atoms with van der Waals surface area (Å²) in [6, 6.07) is 9.31. The first kappa shape index (κ1) is 16.8. The number of rotatable bonds is 6. The number of aryl methyl sites for hydroxylation is 3. The van der Waals surface area contributed by atoms with E-state index in [0.717, 1.165) is 44.0 Å². The van der Waals surface area contributed by atoms with Crippen LogP contribution >= 0.6 is 0 Å². The van der Waals surface area contributed by atoms with E-state index in [4.69, 9.17) is 4.74 Å². The fourth-order valence-electron chi connectivity index (χ4n) is 3.49. The van der Waals surface area contributed by atoms with Crippen LogP contribution in [-0.2, 0) is 20.0 Å². The summed E-state index contributed by atoms with van der Waals surface area (Å²) in [7, 11) is 3.66. The van der Waals surface area contributed by atoms with E-state index in [9.17, 15) is 0 Å². The van der Waals surface area contributed by atoms with Crippen molar-refractivity contribution < 1.29 is 4.74 Å². The summed E-state index contributed by atoms with van der Waals surface area (Å²) >= 11 is 0. The van der Waals surface area contributed by atoms with Crippen LogP contribution in [0.2, 0.25) is 0 Å². The predicted octanol–water partition coefficient (Wildman–Crippen LogP) is 2.67. The minimum Gasteiger partial charge on any atom is -0.481 e. The maximum absolute atomic E-state index is 5.53. The maximum Gasteiger partial charge on any atom is 0.216 e. The van der Waals surface area contributed by atoms with Gasteiger partial charge in [0.15, 0.2) is 0 Å². The molecule has 1 fully saturated rings. The predicted molar refractivity (Wildman–Crippen MR) is 97.8 cm³/mol. The summed E-state index contributed by atoms with van der Waals surface area (Å²) in [5.41, 5.74) is 4.94. The summed E-state index contributed by atoms with van der Waals surface area (Å²) < 4.78 is 7.36. The molecule has 0 saturated carbocycles. The third-order valence-electron chi connectivity index (χ3n) is 4.85. The molecule has 0 unspecified atom stereocenters. The lowest BCUT2D eigenvalue weighted by molar-refractivity contribution is 0.367. The number of hydrogen-bond donors (Lipinski definition) is 1.